The van der Waals surface area contributed by atoms with E-state index in [1.165, 1.54) is 6.07 Å². The van der Waals surface area contributed by atoms with Crippen molar-refractivity contribution in [2.24, 2.45) is 0 Å². The molecular formula is C20H20ClFN6O. The van der Waals surface area contributed by atoms with Crippen molar-refractivity contribution in [2.75, 3.05) is 18.4 Å². The Hall–Kier alpha value is -2.84. The Morgan fingerprint density at radius 1 is 1.24 bits per heavy atom. The molecule has 5 rings (SSSR count). The number of nitrogens with zero attached hydrogens (tertiary/aromatic N) is 3. The molecule has 150 valence electrons. The van der Waals surface area contributed by atoms with Gasteiger partial charge in [-0.25, -0.2) is 9.37 Å². The van der Waals surface area contributed by atoms with Crippen molar-refractivity contribution in [3.63, 3.8) is 0 Å². The van der Waals surface area contributed by atoms with Crippen LogP contribution in [0.5, 0.6) is 5.75 Å². The minimum atomic E-state index is -0.410. The Balaban J connectivity index is 1.45. The number of hydrogen-bond donors (Lipinski definition) is 3. The van der Waals surface area contributed by atoms with Gasteiger partial charge in [0, 0.05) is 24.5 Å². The molecule has 3 N–H and O–H groups in total. The Bertz CT molecular complexity index is 1200. The number of anilines is 2. The number of halogens is 2. The third-order valence-corrected chi connectivity index (χ3v) is 5.37. The molecule has 29 heavy (non-hydrogen) atoms. The first kappa shape index (κ1) is 18.2. The van der Waals surface area contributed by atoms with E-state index in [0.29, 0.717) is 22.3 Å². The summed E-state index contributed by atoms with van der Waals surface area (Å²) in [5.74, 6) is 0.826. The van der Waals surface area contributed by atoms with E-state index in [1.807, 2.05) is 13.0 Å². The first-order valence-electron chi connectivity index (χ1n) is 9.54. The number of aromatic amines is 1. The number of aromatic nitrogens is 4. The number of ether oxygens (including phenoxy) is 1. The average Bonchev–Trinajstić information content (AvgIpc) is 3.26. The molecule has 1 saturated heterocycles. The van der Waals surface area contributed by atoms with Crippen LogP contribution in [0.4, 0.5) is 15.9 Å². The maximum Gasteiger partial charge on any atom is 0.173 e. The van der Waals surface area contributed by atoms with Crippen LogP contribution in [0.2, 0.25) is 5.02 Å². The smallest absolute Gasteiger partial charge is 0.173 e. The lowest BCUT2D eigenvalue weighted by Crippen LogP contribution is -2.34. The summed E-state index contributed by atoms with van der Waals surface area (Å²) in [4.78, 5) is 4.17. The predicted molar refractivity (Wildman–Crippen MR) is 111 cm³/mol. The molecule has 0 amide bonds. The number of pyridine rings is 1. The van der Waals surface area contributed by atoms with Gasteiger partial charge in [-0.2, -0.15) is 5.10 Å². The van der Waals surface area contributed by atoms with Gasteiger partial charge in [0.05, 0.1) is 27.3 Å². The van der Waals surface area contributed by atoms with Crippen LogP contribution in [0.25, 0.3) is 16.6 Å². The molecule has 0 atom stereocenters. The molecule has 3 aromatic heterocycles. The molecule has 0 unspecified atom stereocenters. The normalized spacial score (nSPS) is 15.3. The van der Waals surface area contributed by atoms with Crippen molar-refractivity contribution in [2.45, 2.75) is 25.9 Å². The number of nitrogens with one attached hydrogen (secondary N) is 3. The van der Waals surface area contributed by atoms with Crippen molar-refractivity contribution in [3.8, 4) is 5.75 Å². The lowest BCUT2D eigenvalue weighted by molar-refractivity contribution is 0.162. The zero-order chi connectivity index (χ0) is 20.0. The van der Waals surface area contributed by atoms with Gasteiger partial charge < -0.3 is 19.8 Å². The zero-order valence-electron chi connectivity index (χ0n) is 15.8. The van der Waals surface area contributed by atoms with Gasteiger partial charge in [0.2, 0.25) is 0 Å². The van der Waals surface area contributed by atoms with Gasteiger partial charge in [0.15, 0.2) is 17.3 Å². The Morgan fingerprint density at radius 3 is 2.90 bits per heavy atom. The van der Waals surface area contributed by atoms with Crippen LogP contribution < -0.4 is 15.4 Å². The molecule has 7 nitrogen and oxygen atoms in total. The van der Waals surface area contributed by atoms with E-state index in [0.717, 1.165) is 42.5 Å². The fourth-order valence-corrected chi connectivity index (χ4v) is 4.03. The monoisotopic (exact) mass is 414 g/mol. The highest BCUT2D eigenvalue weighted by atomic mass is 35.5. The SMILES string of the molecule is Cc1cn2cc(Nc3n[nH]c4cc(OC5CCNCC5)cc(Cl)c34)cc(F)c2n1. The lowest BCUT2D eigenvalue weighted by Gasteiger charge is -2.23. The lowest BCUT2D eigenvalue weighted by atomic mass is 10.1. The summed E-state index contributed by atoms with van der Waals surface area (Å²) in [5, 5.41) is 15.0. The second-order valence-corrected chi connectivity index (χ2v) is 7.69. The first-order valence-corrected chi connectivity index (χ1v) is 9.91. The van der Waals surface area contributed by atoms with Crippen LogP contribution in [0.15, 0.2) is 30.6 Å². The summed E-state index contributed by atoms with van der Waals surface area (Å²) in [5.41, 5.74) is 2.34. The molecule has 0 radical (unpaired) electrons. The molecule has 1 fully saturated rings. The fourth-order valence-electron chi connectivity index (χ4n) is 3.73. The third kappa shape index (κ3) is 3.49. The standard InChI is InChI=1S/C20H20ClFN6O/c1-11-9-28-10-12(6-16(22)20(28)24-11)25-19-18-15(21)7-14(8-17(18)26-27-19)29-13-2-4-23-5-3-13/h6-10,13,23H,2-5H2,1H3,(H2,25,26,27). The maximum atomic E-state index is 14.4. The second kappa shape index (κ2) is 7.20. The van der Waals surface area contributed by atoms with Gasteiger partial charge in [-0.1, -0.05) is 11.6 Å². The van der Waals surface area contributed by atoms with Crippen LogP contribution in [-0.2, 0) is 0 Å². The average molecular weight is 415 g/mol. The van der Waals surface area contributed by atoms with Gasteiger partial charge in [-0.05, 0) is 38.9 Å². The Labute approximate surface area is 171 Å². The second-order valence-electron chi connectivity index (χ2n) is 7.28. The molecule has 4 aromatic rings. The summed E-state index contributed by atoms with van der Waals surface area (Å²) in [6, 6.07) is 5.09. The number of imidazole rings is 1. The van der Waals surface area contributed by atoms with E-state index in [-0.39, 0.29) is 11.8 Å². The van der Waals surface area contributed by atoms with Crippen LogP contribution in [0.1, 0.15) is 18.5 Å². The molecule has 1 aromatic carbocycles. The summed E-state index contributed by atoms with van der Waals surface area (Å²) < 4.78 is 22.1. The molecule has 9 heteroatoms. The number of hydrogen-bond acceptors (Lipinski definition) is 5. The zero-order valence-corrected chi connectivity index (χ0v) is 16.6. The first-order chi connectivity index (χ1) is 14.1. The highest BCUT2D eigenvalue weighted by Gasteiger charge is 2.18. The van der Waals surface area contributed by atoms with Crippen LogP contribution in [0.3, 0.4) is 0 Å². The van der Waals surface area contributed by atoms with E-state index < -0.39 is 5.82 Å². The van der Waals surface area contributed by atoms with Crippen LogP contribution in [0, 0.1) is 12.7 Å². The number of aryl methyl sites for hydroxylation is 1. The molecule has 4 heterocycles. The van der Waals surface area contributed by atoms with Crippen molar-refractivity contribution in [1.82, 2.24) is 24.9 Å². The quantitative estimate of drug-likeness (QED) is 0.466. The van der Waals surface area contributed by atoms with Crippen molar-refractivity contribution >= 4 is 39.7 Å². The molecule has 0 saturated carbocycles. The van der Waals surface area contributed by atoms with Gasteiger partial charge in [0.1, 0.15) is 11.9 Å². The van der Waals surface area contributed by atoms with Gasteiger partial charge in [0.25, 0.3) is 0 Å². The molecule has 1 aliphatic heterocycles. The largest absolute Gasteiger partial charge is 0.490 e. The number of piperidine rings is 1. The van der Waals surface area contributed by atoms with E-state index >= 15 is 0 Å². The van der Waals surface area contributed by atoms with E-state index in [2.05, 4.69) is 25.8 Å². The third-order valence-electron chi connectivity index (χ3n) is 5.07. The summed E-state index contributed by atoms with van der Waals surface area (Å²) in [6.45, 7) is 3.73. The number of H-pyrrole nitrogens is 1. The summed E-state index contributed by atoms with van der Waals surface area (Å²) >= 11 is 6.54. The van der Waals surface area contributed by atoms with Crippen molar-refractivity contribution in [1.29, 1.82) is 0 Å². The van der Waals surface area contributed by atoms with E-state index in [4.69, 9.17) is 16.3 Å². The minimum absolute atomic E-state index is 0.179. The molecule has 0 bridgehead atoms. The van der Waals surface area contributed by atoms with Crippen LogP contribution >= 0.6 is 11.6 Å². The number of fused-ring (bicyclic) bond motifs is 2. The summed E-state index contributed by atoms with van der Waals surface area (Å²) in [7, 11) is 0. The van der Waals surface area contributed by atoms with E-state index in [1.54, 1.807) is 22.9 Å². The molecule has 0 aliphatic carbocycles. The molecule has 1 aliphatic rings. The fraction of sp³-hybridized carbons (Fsp3) is 0.300. The van der Waals surface area contributed by atoms with Gasteiger partial charge in [-0.3, -0.25) is 5.10 Å². The van der Waals surface area contributed by atoms with Gasteiger partial charge >= 0.3 is 0 Å². The topological polar surface area (TPSA) is 79.3 Å². The highest BCUT2D eigenvalue weighted by Crippen LogP contribution is 2.35. The Kier molecular flexibility index (Phi) is 4.52. The maximum absolute atomic E-state index is 14.4. The van der Waals surface area contributed by atoms with E-state index in [9.17, 15) is 4.39 Å². The van der Waals surface area contributed by atoms with Crippen molar-refractivity contribution in [3.05, 3.63) is 47.1 Å². The summed E-state index contributed by atoms with van der Waals surface area (Å²) in [6.07, 6.45) is 5.64. The van der Waals surface area contributed by atoms with Gasteiger partial charge in [-0.15, -0.1) is 0 Å². The molecule has 0 spiro atoms. The minimum Gasteiger partial charge on any atom is -0.490 e. The van der Waals surface area contributed by atoms with Crippen molar-refractivity contribution < 1.29 is 9.13 Å². The van der Waals surface area contributed by atoms with Crippen LogP contribution in [-0.4, -0.2) is 38.8 Å². The number of rotatable bonds is 4. The highest BCUT2D eigenvalue weighted by molar-refractivity contribution is 6.36. The number of benzene rings is 1. The Morgan fingerprint density at radius 2 is 2.07 bits per heavy atom. The molecular weight excluding hydrogens is 395 g/mol. The predicted octanol–water partition coefficient (Wildman–Crippen LogP) is 4.19.